The SMILES string of the molecule is OC(c1ccc2c(c1)CCCO2)C1CCOC1. The van der Waals surface area contributed by atoms with E-state index in [0.29, 0.717) is 6.61 Å². The Morgan fingerprint density at radius 3 is 3.06 bits per heavy atom. The molecule has 3 heteroatoms. The number of hydrogen-bond acceptors (Lipinski definition) is 3. The summed E-state index contributed by atoms with van der Waals surface area (Å²) < 4.78 is 10.9. The van der Waals surface area contributed by atoms with Crippen LogP contribution in [0.5, 0.6) is 5.75 Å². The number of rotatable bonds is 2. The molecule has 17 heavy (non-hydrogen) atoms. The van der Waals surface area contributed by atoms with Gasteiger partial charge in [-0.3, -0.25) is 0 Å². The van der Waals surface area contributed by atoms with Gasteiger partial charge in [0.05, 0.1) is 19.3 Å². The van der Waals surface area contributed by atoms with Crippen LogP contribution in [0.4, 0.5) is 0 Å². The van der Waals surface area contributed by atoms with Crippen LogP contribution in [0.15, 0.2) is 18.2 Å². The topological polar surface area (TPSA) is 38.7 Å². The van der Waals surface area contributed by atoms with E-state index >= 15 is 0 Å². The molecule has 0 saturated carbocycles. The van der Waals surface area contributed by atoms with E-state index in [0.717, 1.165) is 43.8 Å². The number of aryl methyl sites for hydroxylation is 1. The first-order chi connectivity index (χ1) is 8.34. The average molecular weight is 234 g/mol. The largest absolute Gasteiger partial charge is 0.493 e. The van der Waals surface area contributed by atoms with Gasteiger partial charge in [-0.05, 0) is 42.5 Å². The molecule has 1 fully saturated rings. The second-order valence-electron chi connectivity index (χ2n) is 4.89. The molecular weight excluding hydrogens is 216 g/mol. The molecule has 92 valence electrons. The van der Waals surface area contributed by atoms with Crippen molar-refractivity contribution in [2.24, 2.45) is 5.92 Å². The molecule has 1 saturated heterocycles. The Balaban J connectivity index is 1.82. The molecule has 1 aromatic rings. The molecule has 1 N–H and O–H groups in total. The van der Waals surface area contributed by atoms with E-state index in [-0.39, 0.29) is 5.92 Å². The first kappa shape index (κ1) is 11.1. The normalized spacial score (nSPS) is 25.1. The summed E-state index contributed by atoms with van der Waals surface area (Å²) in [5.41, 5.74) is 2.23. The smallest absolute Gasteiger partial charge is 0.122 e. The minimum absolute atomic E-state index is 0.248. The van der Waals surface area contributed by atoms with E-state index in [9.17, 15) is 5.11 Å². The van der Waals surface area contributed by atoms with Gasteiger partial charge in [0.15, 0.2) is 0 Å². The summed E-state index contributed by atoms with van der Waals surface area (Å²) in [6.07, 6.45) is 2.68. The van der Waals surface area contributed by atoms with Crippen molar-refractivity contribution < 1.29 is 14.6 Å². The van der Waals surface area contributed by atoms with Crippen molar-refractivity contribution in [2.45, 2.75) is 25.4 Å². The Hall–Kier alpha value is -1.06. The van der Waals surface area contributed by atoms with Gasteiger partial charge in [0, 0.05) is 12.5 Å². The molecule has 0 radical (unpaired) electrons. The van der Waals surface area contributed by atoms with Crippen molar-refractivity contribution in [3.05, 3.63) is 29.3 Å². The molecule has 2 heterocycles. The molecular formula is C14H18O3. The van der Waals surface area contributed by atoms with E-state index in [2.05, 4.69) is 6.07 Å². The fourth-order valence-electron chi connectivity index (χ4n) is 2.64. The summed E-state index contributed by atoms with van der Waals surface area (Å²) in [7, 11) is 0. The molecule has 1 aromatic carbocycles. The van der Waals surface area contributed by atoms with Gasteiger partial charge in [0.2, 0.25) is 0 Å². The summed E-state index contributed by atoms with van der Waals surface area (Å²) in [5, 5.41) is 10.3. The van der Waals surface area contributed by atoms with Crippen LogP contribution in [0.2, 0.25) is 0 Å². The number of hydrogen-bond donors (Lipinski definition) is 1. The highest BCUT2D eigenvalue weighted by Crippen LogP contribution is 2.32. The monoisotopic (exact) mass is 234 g/mol. The zero-order valence-electron chi connectivity index (χ0n) is 9.89. The molecule has 0 bridgehead atoms. The van der Waals surface area contributed by atoms with Crippen LogP contribution >= 0.6 is 0 Å². The highest BCUT2D eigenvalue weighted by atomic mass is 16.5. The Bertz CT molecular complexity index is 396. The predicted octanol–water partition coefficient (Wildman–Crippen LogP) is 2.08. The summed E-state index contributed by atoms with van der Waals surface area (Å²) in [6, 6.07) is 6.06. The highest BCUT2D eigenvalue weighted by Gasteiger charge is 2.26. The van der Waals surface area contributed by atoms with E-state index in [4.69, 9.17) is 9.47 Å². The maximum Gasteiger partial charge on any atom is 0.122 e. The standard InChI is InChI=1S/C14H18O3/c15-14(12-5-7-16-9-12)11-3-4-13-10(8-11)2-1-6-17-13/h3-4,8,12,14-15H,1-2,5-7,9H2. The molecule has 3 nitrogen and oxygen atoms in total. The number of ether oxygens (including phenoxy) is 2. The number of aliphatic hydroxyl groups is 1. The molecule has 0 aliphatic carbocycles. The molecule has 0 amide bonds. The van der Waals surface area contributed by atoms with Crippen molar-refractivity contribution in [1.29, 1.82) is 0 Å². The average Bonchev–Trinajstić information content (AvgIpc) is 2.91. The third-order valence-corrected chi connectivity index (χ3v) is 3.69. The van der Waals surface area contributed by atoms with E-state index < -0.39 is 6.10 Å². The lowest BCUT2D eigenvalue weighted by Crippen LogP contribution is -2.14. The molecule has 3 rings (SSSR count). The van der Waals surface area contributed by atoms with Crippen molar-refractivity contribution >= 4 is 0 Å². The second-order valence-corrected chi connectivity index (χ2v) is 4.89. The van der Waals surface area contributed by atoms with Crippen LogP contribution in [-0.2, 0) is 11.2 Å². The van der Waals surface area contributed by atoms with Crippen LogP contribution in [0.1, 0.15) is 30.1 Å². The van der Waals surface area contributed by atoms with Gasteiger partial charge in [-0.1, -0.05) is 6.07 Å². The summed E-state index contributed by atoms with van der Waals surface area (Å²) in [6.45, 7) is 2.26. The lowest BCUT2D eigenvalue weighted by atomic mass is 9.92. The van der Waals surface area contributed by atoms with Gasteiger partial charge < -0.3 is 14.6 Å². The van der Waals surface area contributed by atoms with E-state index in [1.54, 1.807) is 0 Å². The van der Waals surface area contributed by atoms with Crippen LogP contribution in [-0.4, -0.2) is 24.9 Å². The van der Waals surface area contributed by atoms with E-state index in [1.807, 2.05) is 12.1 Å². The zero-order chi connectivity index (χ0) is 11.7. The summed E-state index contributed by atoms with van der Waals surface area (Å²) in [5.74, 6) is 1.23. The second kappa shape index (κ2) is 4.67. The van der Waals surface area contributed by atoms with Gasteiger partial charge in [0.25, 0.3) is 0 Å². The van der Waals surface area contributed by atoms with Crippen molar-refractivity contribution in [3.63, 3.8) is 0 Å². The Morgan fingerprint density at radius 1 is 1.29 bits per heavy atom. The lowest BCUT2D eigenvalue weighted by molar-refractivity contribution is 0.0916. The van der Waals surface area contributed by atoms with Gasteiger partial charge in [0.1, 0.15) is 5.75 Å². The van der Waals surface area contributed by atoms with Crippen molar-refractivity contribution in [3.8, 4) is 5.75 Å². The summed E-state index contributed by atoms with van der Waals surface area (Å²) in [4.78, 5) is 0. The third-order valence-electron chi connectivity index (χ3n) is 3.69. The van der Waals surface area contributed by atoms with Gasteiger partial charge in [-0.2, -0.15) is 0 Å². The van der Waals surface area contributed by atoms with Gasteiger partial charge >= 0.3 is 0 Å². The van der Waals surface area contributed by atoms with Gasteiger partial charge in [-0.25, -0.2) is 0 Å². The van der Waals surface area contributed by atoms with Crippen LogP contribution in [0.3, 0.4) is 0 Å². The van der Waals surface area contributed by atoms with Crippen molar-refractivity contribution in [2.75, 3.05) is 19.8 Å². The van der Waals surface area contributed by atoms with Crippen LogP contribution in [0, 0.1) is 5.92 Å². The molecule has 2 unspecified atom stereocenters. The highest BCUT2D eigenvalue weighted by molar-refractivity contribution is 5.39. The Kier molecular flexibility index (Phi) is 3.04. The fourth-order valence-corrected chi connectivity index (χ4v) is 2.64. The molecule has 0 aromatic heterocycles. The number of benzene rings is 1. The molecule has 2 aliphatic heterocycles. The van der Waals surface area contributed by atoms with Crippen molar-refractivity contribution in [1.82, 2.24) is 0 Å². The zero-order valence-corrected chi connectivity index (χ0v) is 9.89. The number of fused-ring (bicyclic) bond motifs is 1. The quantitative estimate of drug-likeness (QED) is 0.851. The molecule has 0 spiro atoms. The lowest BCUT2D eigenvalue weighted by Gasteiger charge is -2.21. The predicted molar refractivity (Wildman–Crippen MR) is 64.1 cm³/mol. The minimum atomic E-state index is -0.398. The fraction of sp³-hybridized carbons (Fsp3) is 0.571. The Labute approximate surface area is 101 Å². The molecule has 2 atom stereocenters. The number of aliphatic hydroxyl groups excluding tert-OH is 1. The Morgan fingerprint density at radius 2 is 2.24 bits per heavy atom. The maximum atomic E-state index is 10.3. The van der Waals surface area contributed by atoms with Crippen LogP contribution in [0.25, 0.3) is 0 Å². The minimum Gasteiger partial charge on any atom is -0.493 e. The van der Waals surface area contributed by atoms with Crippen LogP contribution < -0.4 is 4.74 Å². The summed E-state index contributed by atoms with van der Waals surface area (Å²) >= 11 is 0. The first-order valence-electron chi connectivity index (χ1n) is 6.36. The van der Waals surface area contributed by atoms with Gasteiger partial charge in [-0.15, -0.1) is 0 Å². The first-order valence-corrected chi connectivity index (χ1v) is 6.36. The third kappa shape index (κ3) is 2.17. The van der Waals surface area contributed by atoms with E-state index in [1.165, 1.54) is 5.56 Å². The maximum absolute atomic E-state index is 10.3. The molecule has 2 aliphatic rings.